The molecule has 1 aliphatic rings. The Balaban J connectivity index is 2.06. The van der Waals surface area contributed by atoms with Gasteiger partial charge in [-0.3, -0.25) is 4.57 Å². The zero-order valence-corrected chi connectivity index (χ0v) is 11.4. The Morgan fingerprint density at radius 1 is 1.50 bits per heavy atom. The van der Waals surface area contributed by atoms with Crippen molar-refractivity contribution in [2.45, 2.75) is 19.9 Å². The van der Waals surface area contributed by atoms with Gasteiger partial charge in [0, 0.05) is 6.54 Å². The lowest BCUT2D eigenvalue weighted by molar-refractivity contribution is 0.0517. The molecule has 0 fully saturated rings. The Labute approximate surface area is 117 Å². The van der Waals surface area contributed by atoms with Crippen LogP contribution in [0.15, 0.2) is 30.7 Å². The van der Waals surface area contributed by atoms with Gasteiger partial charge in [0.25, 0.3) is 0 Å². The second-order valence-corrected chi connectivity index (χ2v) is 4.71. The lowest BCUT2D eigenvalue weighted by atomic mass is 9.99. The molecule has 1 aliphatic heterocycles. The van der Waals surface area contributed by atoms with Crippen LogP contribution in [0.2, 0.25) is 0 Å². The third-order valence-electron chi connectivity index (χ3n) is 3.50. The van der Waals surface area contributed by atoms with Crippen molar-refractivity contribution >= 4 is 5.97 Å². The number of rotatable bonds is 3. The molecule has 0 amide bonds. The summed E-state index contributed by atoms with van der Waals surface area (Å²) in [7, 11) is 0. The first kappa shape index (κ1) is 12.9. The minimum Gasteiger partial charge on any atom is -0.461 e. The SMILES string of the molecule is CCOC(=O)c1cncn1-c1cccc2c1CNCC2. The van der Waals surface area contributed by atoms with Crippen molar-refractivity contribution in [1.82, 2.24) is 14.9 Å². The quantitative estimate of drug-likeness (QED) is 0.863. The third kappa shape index (κ3) is 2.20. The number of carbonyl (C=O) groups excluding carboxylic acids is 1. The summed E-state index contributed by atoms with van der Waals surface area (Å²) < 4.78 is 6.89. The maximum absolute atomic E-state index is 12.0. The molecule has 0 bridgehead atoms. The molecule has 5 nitrogen and oxygen atoms in total. The third-order valence-corrected chi connectivity index (χ3v) is 3.50. The number of fused-ring (bicyclic) bond motifs is 1. The number of nitrogens with one attached hydrogen (secondary N) is 1. The Morgan fingerprint density at radius 2 is 2.40 bits per heavy atom. The predicted molar refractivity (Wildman–Crippen MR) is 74.9 cm³/mol. The molecular weight excluding hydrogens is 254 g/mol. The van der Waals surface area contributed by atoms with Crippen LogP contribution in [0.4, 0.5) is 0 Å². The van der Waals surface area contributed by atoms with Crippen molar-refractivity contribution in [3.63, 3.8) is 0 Å². The largest absolute Gasteiger partial charge is 0.461 e. The van der Waals surface area contributed by atoms with Gasteiger partial charge in [-0.25, -0.2) is 9.78 Å². The molecular formula is C15H17N3O2. The van der Waals surface area contributed by atoms with Crippen molar-refractivity contribution in [3.8, 4) is 5.69 Å². The standard InChI is InChI=1S/C15H17N3O2/c1-2-20-15(19)14-9-17-10-18(14)13-5-3-4-11-6-7-16-8-12(11)13/h3-5,9-10,16H,2,6-8H2,1H3. The number of imidazole rings is 1. The van der Waals surface area contributed by atoms with E-state index >= 15 is 0 Å². The lowest BCUT2D eigenvalue weighted by Crippen LogP contribution is -2.25. The normalized spacial score (nSPS) is 13.8. The molecule has 2 aromatic rings. The fraction of sp³-hybridized carbons (Fsp3) is 0.333. The van der Waals surface area contributed by atoms with Gasteiger partial charge in [0.15, 0.2) is 5.69 Å². The van der Waals surface area contributed by atoms with Gasteiger partial charge in [0.2, 0.25) is 0 Å². The number of ether oxygens (including phenoxy) is 1. The van der Waals surface area contributed by atoms with Crippen LogP contribution < -0.4 is 5.32 Å². The molecule has 0 radical (unpaired) electrons. The lowest BCUT2D eigenvalue weighted by Gasteiger charge is -2.21. The Hall–Kier alpha value is -2.14. The summed E-state index contributed by atoms with van der Waals surface area (Å²) in [5.41, 5.74) is 4.01. The number of aromatic nitrogens is 2. The van der Waals surface area contributed by atoms with Crippen LogP contribution in [-0.4, -0.2) is 28.7 Å². The molecule has 0 unspecified atom stereocenters. The molecule has 3 rings (SSSR count). The van der Waals surface area contributed by atoms with Crippen molar-refractivity contribution in [2.75, 3.05) is 13.2 Å². The van der Waals surface area contributed by atoms with E-state index in [1.807, 2.05) is 16.7 Å². The highest BCUT2D eigenvalue weighted by Gasteiger charge is 2.18. The Kier molecular flexibility index (Phi) is 3.52. The molecule has 0 saturated carbocycles. The van der Waals surface area contributed by atoms with Gasteiger partial charge in [0.1, 0.15) is 0 Å². The molecule has 1 aromatic heterocycles. The molecule has 1 N–H and O–H groups in total. The molecule has 2 heterocycles. The number of nitrogens with zero attached hydrogens (tertiary/aromatic N) is 2. The predicted octanol–water partition coefficient (Wildman–Crippen LogP) is 1.69. The van der Waals surface area contributed by atoms with Gasteiger partial charge < -0.3 is 10.1 Å². The second-order valence-electron chi connectivity index (χ2n) is 4.71. The molecule has 1 aromatic carbocycles. The smallest absolute Gasteiger partial charge is 0.356 e. The Morgan fingerprint density at radius 3 is 3.25 bits per heavy atom. The van der Waals surface area contributed by atoms with Crippen molar-refractivity contribution in [2.24, 2.45) is 0 Å². The van der Waals surface area contributed by atoms with E-state index < -0.39 is 0 Å². The van der Waals surface area contributed by atoms with Crippen LogP contribution >= 0.6 is 0 Å². The van der Waals surface area contributed by atoms with Crippen LogP contribution in [0.25, 0.3) is 5.69 Å². The number of hydrogen-bond donors (Lipinski definition) is 1. The summed E-state index contributed by atoms with van der Waals surface area (Å²) >= 11 is 0. The summed E-state index contributed by atoms with van der Waals surface area (Å²) in [6, 6.07) is 6.17. The van der Waals surface area contributed by atoms with Crippen molar-refractivity contribution in [1.29, 1.82) is 0 Å². The molecule has 0 saturated heterocycles. The van der Waals surface area contributed by atoms with E-state index in [9.17, 15) is 4.79 Å². The summed E-state index contributed by atoms with van der Waals surface area (Å²) in [6.45, 7) is 3.96. The van der Waals surface area contributed by atoms with Crippen LogP contribution in [-0.2, 0) is 17.7 Å². The maximum atomic E-state index is 12.0. The maximum Gasteiger partial charge on any atom is 0.356 e. The van der Waals surface area contributed by atoms with Crippen LogP contribution in [0.3, 0.4) is 0 Å². The highest BCUT2D eigenvalue weighted by atomic mass is 16.5. The summed E-state index contributed by atoms with van der Waals surface area (Å²) in [5.74, 6) is -0.341. The van der Waals surface area contributed by atoms with Gasteiger partial charge in [-0.2, -0.15) is 0 Å². The first-order chi connectivity index (χ1) is 9.81. The monoisotopic (exact) mass is 271 g/mol. The van der Waals surface area contributed by atoms with E-state index in [0.29, 0.717) is 12.3 Å². The van der Waals surface area contributed by atoms with E-state index in [2.05, 4.69) is 16.4 Å². The fourth-order valence-electron chi connectivity index (χ4n) is 2.56. The van der Waals surface area contributed by atoms with E-state index in [1.165, 1.54) is 11.1 Å². The zero-order chi connectivity index (χ0) is 13.9. The highest BCUT2D eigenvalue weighted by Crippen LogP contribution is 2.23. The minimum atomic E-state index is -0.341. The van der Waals surface area contributed by atoms with Crippen LogP contribution in [0, 0.1) is 0 Å². The summed E-state index contributed by atoms with van der Waals surface area (Å²) in [6.07, 6.45) is 4.22. The number of benzene rings is 1. The molecule has 0 atom stereocenters. The van der Waals surface area contributed by atoms with Crippen molar-refractivity contribution < 1.29 is 9.53 Å². The van der Waals surface area contributed by atoms with Crippen LogP contribution in [0.5, 0.6) is 0 Å². The number of carbonyl (C=O) groups is 1. The van der Waals surface area contributed by atoms with Gasteiger partial charge in [0.05, 0.1) is 24.8 Å². The minimum absolute atomic E-state index is 0.341. The van der Waals surface area contributed by atoms with E-state index in [1.54, 1.807) is 19.4 Å². The van der Waals surface area contributed by atoms with Gasteiger partial charge >= 0.3 is 5.97 Å². The molecule has 5 heteroatoms. The molecule has 0 aliphatic carbocycles. The number of hydrogen-bond acceptors (Lipinski definition) is 4. The van der Waals surface area contributed by atoms with E-state index in [4.69, 9.17) is 4.74 Å². The Bertz CT molecular complexity index is 634. The molecule has 0 spiro atoms. The van der Waals surface area contributed by atoms with E-state index in [0.717, 1.165) is 25.2 Å². The van der Waals surface area contributed by atoms with Gasteiger partial charge in [-0.1, -0.05) is 12.1 Å². The topological polar surface area (TPSA) is 56.1 Å². The average molecular weight is 271 g/mol. The van der Waals surface area contributed by atoms with Gasteiger partial charge in [-0.15, -0.1) is 0 Å². The number of esters is 1. The first-order valence-corrected chi connectivity index (χ1v) is 6.82. The highest BCUT2D eigenvalue weighted by molar-refractivity contribution is 5.88. The first-order valence-electron chi connectivity index (χ1n) is 6.82. The average Bonchev–Trinajstić information content (AvgIpc) is 2.96. The van der Waals surface area contributed by atoms with Crippen LogP contribution in [0.1, 0.15) is 28.5 Å². The molecule has 20 heavy (non-hydrogen) atoms. The van der Waals surface area contributed by atoms with Gasteiger partial charge in [-0.05, 0) is 37.1 Å². The fourth-order valence-corrected chi connectivity index (χ4v) is 2.56. The molecule has 104 valence electrons. The summed E-state index contributed by atoms with van der Waals surface area (Å²) in [4.78, 5) is 16.1. The van der Waals surface area contributed by atoms with Crippen molar-refractivity contribution in [3.05, 3.63) is 47.5 Å². The second kappa shape index (κ2) is 5.46. The zero-order valence-electron chi connectivity index (χ0n) is 11.4. The van der Waals surface area contributed by atoms with E-state index in [-0.39, 0.29) is 5.97 Å². The summed E-state index contributed by atoms with van der Waals surface area (Å²) in [5, 5.41) is 3.37.